The number of aliphatic hydroxyl groups is 7. The maximum atomic E-state index is 13.2. The quantitative estimate of drug-likeness (QED) is 0.0307. The van der Waals surface area contributed by atoms with Gasteiger partial charge in [-0.25, -0.2) is 0 Å². The summed E-state index contributed by atoms with van der Waals surface area (Å²) in [5.74, 6) is -0.728. The zero-order valence-electron chi connectivity index (χ0n) is 35.8. The van der Waals surface area contributed by atoms with Crippen LogP contribution in [0.3, 0.4) is 0 Å². The Bertz CT molecular complexity index is 1250. The van der Waals surface area contributed by atoms with Gasteiger partial charge in [0.1, 0.15) is 48.8 Å². The first-order chi connectivity index (χ1) is 29.3. The maximum absolute atomic E-state index is 13.2. The molecule has 356 valence electrons. The first kappa shape index (κ1) is 53.1. The second kappa shape index (κ2) is 29.3. The van der Waals surface area contributed by atoms with Crippen LogP contribution in [0, 0.1) is 5.92 Å². The van der Waals surface area contributed by atoms with E-state index in [2.05, 4.69) is 15.5 Å². The van der Waals surface area contributed by atoms with Crippen molar-refractivity contribution in [3.05, 3.63) is 0 Å². The number of likely N-dealkylation sites (tertiary alicyclic amines) is 1. The molecule has 4 unspecified atom stereocenters. The second-order valence-electron chi connectivity index (χ2n) is 15.4. The lowest BCUT2D eigenvalue weighted by molar-refractivity contribution is -0.272. The molecule has 22 heteroatoms. The third-order valence-electron chi connectivity index (χ3n) is 10.9. The van der Waals surface area contributed by atoms with Crippen LogP contribution in [0.15, 0.2) is 0 Å². The summed E-state index contributed by atoms with van der Waals surface area (Å²) in [6.45, 7) is 8.13. The third-order valence-corrected chi connectivity index (χ3v) is 10.9. The van der Waals surface area contributed by atoms with Crippen LogP contribution in [-0.4, -0.2) is 249 Å². The highest BCUT2D eigenvalue weighted by atomic mass is 16.7. The van der Waals surface area contributed by atoms with Crippen molar-refractivity contribution in [3.8, 4) is 0 Å². The molecule has 12 atom stereocenters. The number of rotatable bonds is 30. The summed E-state index contributed by atoms with van der Waals surface area (Å²) in [6.07, 6.45) is -7.60. The number of amides is 3. The highest BCUT2D eigenvalue weighted by Gasteiger charge is 2.46. The zero-order valence-corrected chi connectivity index (χ0v) is 35.8. The highest BCUT2D eigenvalue weighted by Crippen LogP contribution is 2.26. The van der Waals surface area contributed by atoms with E-state index in [9.17, 15) is 50.1 Å². The molecule has 22 nitrogen and oxygen atoms in total. The van der Waals surface area contributed by atoms with Crippen molar-refractivity contribution < 1.29 is 88.0 Å². The van der Waals surface area contributed by atoms with Crippen LogP contribution < -0.4 is 10.6 Å². The molecular formula is C39H72N4O18. The molecule has 0 aromatic heterocycles. The summed E-state index contributed by atoms with van der Waals surface area (Å²) in [7, 11) is 0. The predicted molar refractivity (Wildman–Crippen MR) is 213 cm³/mol. The lowest BCUT2D eigenvalue weighted by Crippen LogP contribution is -2.65. The van der Waals surface area contributed by atoms with Gasteiger partial charge in [-0.2, -0.15) is 0 Å². The molecule has 3 heterocycles. The predicted octanol–water partition coefficient (Wildman–Crippen LogP) is -4.67. The molecule has 61 heavy (non-hydrogen) atoms. The standard InChI is InChI=1S/C39H72N4O18/c1-4-28-19-27(21-44)20-43(28)32(49)5-6-42(8-10-55-12-14-57-17-18-59-39-34(41-26(3)48)38(53)36(51)30(23-46)61-39)7-9-54-11-13-56-15-16-58-24-31-33(40-25(2)47)37(52)35(50)29(22-45)60-31/h27-31,33-39,44-46,50-53H,4-24H2,1-3H3,(H,40,47)(H,41,48)/t27-,28-,29?,30?,31+,33?,34?,35+,36+,37-,38-,39-/m1/s1. The van der Waals surface area contributed by atoms with E-state index < -0.39 is 86.1 Å². The number of nitrogens with one attached hydrogen (secondary N) is 2. The van der Waals surface area contributed by atoms with Crippen LogP contribution in [0.2, 0.25) is 0 Å². The molecule has 3 aliphatic rings. The van der Waals surface area contributed by atoms with Crippen LogP contribution >= 0.6 is 0 Å². The van der Waals surface area contributed by atoms with Gasteiger partial charge in [-0.05, 0) is 12.8 Å². The van der Waals surface area contributed by atoms with Crippen LogP contribution in [-0.2, 0) is 52.3 Å². The first-order valence-electron chi connectivity index (χ1n) is 21.3. The smallest absolute Gasteiger partial charge is 0.224 e. The molecule has 0 aromatic rings. The van der Waals surface area contributed by atoms with E-state index in [0.29, 0.717) is 59.0 Å². The largest absolute Gasteiger partial charge is 0.396 e. The summed E-state index contributed by atoms with van der Waals surface area (Å²) >= 11 is 0. The van der Waals surface area contributed by atoms with Gasteiger partial charge in [-0.1, -0.05) is 6.92 Å². The number of carbonyl (C=O) groups excluding carboxylic acids is 3. The van der Waals surface area contributed by atoms with E-state index in [1.54, 1.807) is 0 Å². The van der Waals surface area contributed by atoms with Gasteiger partial charge in [0.05, 0.1) is 91.9 Å². The molecule has 0 saturated carbocycles. The molecular weight excluding hydrogens is 812 g/mol. The number of hydrogen-bond acceptors (Lipinski definition) is 19. The molecule has 0 spiro atoms. The molecule has 0 aromatic carbocycles. The van der Waals surface area contributed by atoms with Crippen molar-refractivity contribution in [2.24, 2.45) is 5.92 Å². The average molecular weight is 885 g/mol. The molecule has 3 fully saturated rings. The molecule has 3 rings (SSSR count). The Morgan fingerprint density at radius 3 is 1.69 bits per heavy atom. The Hall–Kier alpha value is -2.23. The Kier molecular flexibility index (Phi) is 25.5. The molecule has 0 radical (unpaired) electrons. The summed E-state index contributed by atoms with van der Waals surface area (Å²) < 4.78 is 45.3. The fraction of sp³-hybridized carbons (Fsp3) is 0.923. The minimum Gasteiger partial charge on any atom is -0.396 e. The van der Waals surface area contributed by atoms with Crippen LogP contribution in [0.25, 0.3) is 0 Å². The number of ether oxygens (including phenoxy) is 8. The Labute approximate surface area is 357 Å². The van der Waals surface area contributed by atoms with Crippen LogP contribution in [0.5, 0.6) is 0 Å². The van der Waals surface area contributed by atoms with Crippen LogP contribution in [0.4, 0.5) is 0 Å². The van der Waals surface area contributed by atoms with Gasteiger partial charge >= 0.3 is 0 Å². The maximum Gasteiger partial charge on any atom is 0.224 e. The summed E-state index contributed by atoms with van der Waals surface area (Å²) in [5, 5.41) is 74.8. The lowest BCUT2D eigenvalue weighted by atomic mass is 9.93. The molecule has 0 bridgehead atoms. The Morgan fingerprint density at radius 2 is 1.15 bits per heavy atom. The van der Waals surface area contributed by atoms with Gasteiger partial charge in [0.2, 0.25) is 17.7 Å². The van der Waals surface area contributed by atoms with Crippen molar-refractivity contribution in [2.75, 3.05) is 119 Å². The Balaban J connectivity index is 1.34. The fourth-order valence-corrected chi connectivity index (χ4v) is 7.50. The molecule has 3 saturated heterocycles. The zero-order chi connectivity index (χ0) is 44.7. The summed E-state index contributed by atoms with van der Waals surface area (Å²) in [4.78, 5) is 40.4. The van der Waals surface area contributed by atoms with Crippen LogP contribution in [0.1, 0.15) is 40.0 Å². The summed E-state index contributed by atoms with van der Waals surface area (Å²) in [6, 6.07) is -1.84. The minimum atomic E-state index is -1.41. The number of nitrogens with zero attached hydrogens (tertiary/aromatic N) is 2. The third kappa shape index (κ3) is 18.1. The highest BCUT2D eigenvalue weighted by molar-refractivity contribution is 5.77. The van der Waals surface area contributed by atoms with Crippen molar-refractivity contribution in [1.29, 1.82) is 0 Å². The van der Waals surface area contributed by atoms with Gasteiger partial charge in [0.25, 0.3) is 0 Å². The molecule has 0 aliphatic carbocycles. The number of carbonyl (C=O) groups is 3. The van der Waals surface area contributed by atoms with Gasteiger partial charge in [-0.3, -0.25) is 19.3 Å². The topological polar surface area (TPSA) is 297 Å². The molecule has 3 amide bonds. The average Bonchev–Trinajstić information content (AvgIpc) is 3.68. The molecule has 3 aliphatic heterocycles. The van der Waals surface area contributed by atoms with E-state index in [-0.39, 0.29) is 70.7 Å². The van der Waals surface area contributed by atoms with Crippen molar-refractivity contribution in [3.63, 3.8) is 0 Å². The van der Waals surface area contributed by atoms with Crippen molar-refractivity contribution in [2.45, 2.75) is 107 Å². The van der Waals surface area contributed by atoms with E-state index in [1.165, 1.54) is 13.8 Å². The van der Waals surface area contributed by atoms with E-state index in [4.69, 9.17) is 37.9 Å². The molecule has 9 N–H and O–H groups in total. The van der Waals surface area contributed by atoms with Gasteiger partial charge in [0, 0.05) is 65.0 Å². The summed E-state index contributed by atoms with van der Waals surface area (Å²) in [5.41, 5.74) is 0. The minimum absolute atomic E-state index is 0.0147. The van der Waals surface area contributed by atoms with E-state index in [0.717, 1.165) is 12.8 Å². The first-order valence-corrected chi connectivity index (χ1v) is 21.3. The number of aliphatic hydroxyl groups excluding tert-OH is 7. The van der Waals surface area contributed by atoms with Gasteiger partial charge in [-0.15, -0.1) is 0 Å². The second-order valence-corrected chi connectivity index (χ2v) is 15.4. The van der Waals surface area contributed by atoms with Gasteiger partial charge < -0.3 is 89.2 Å². The monoisotopic (exact) mass is 884 g/mol. The lowest BCUT2D eigenvalue weighted by Gasteiger charge is -2.42. The van der Waals surface area contributed by atoms with Crippen molar-refractivity contribution in [1.82, 2.24) is 20.4 Å². The van der Waals surface area contributed by atoms with Crippen molar-refractivity contribution >= 4 is 17.7 Å². The Morgan fingerprint density at radius 1 is 0.639 bits per heavy atom. The van der Waals surface area contributed by atoms with Gasteiger partial charge in [0.15, 0.2) is 6.29 Å². The normalized spacial score (nSPS) is 30.5. The van der Waals surface area contributed by atoms with E-state index in [1.807, 2.05) is 11.8 Å². The number of hydrogen-bond donors (Lipinski definition) is 9. The van der Waals surface area contributed by atoms with E-state index >= 15 is 0 Å². The fourth-order valence-electron chi connectivity index (χ4n) is 7.50. The SMILES string of the molecule is CC[C@@H]1C[C@@H](CO)CN1C(=O)CCN(CCOCCOCCOC[C@@H]1OC(CO)[C@H](O)[C@H](O)C1NC(C)=O)CCOCCOCCO[C@@H]1OC(CO)[C@H](O)[C@H](O)C1NC(C)=O.